The molecule has 0 aliphatic rings. The van der Waals surface area contributed by atoms with Crippen LogP contribution in [0.1, 0.15) is 6.42 Å². The maximum Gasteiger partial charge on any atom is 0.332 e. The van der Waals surface area contributed by atoms with Crippen LogP contribution in [0.25, 0.3) is 0 Å². The van der Waals surface area contributed by atoms with E-state index in [1.165, 1.54) is 0 Å². The van der Waals surface area contributed by atoms with Crippen LogP contribution in [0.15, 0.2) is 16.6 Å². The number of amides is 2. The first-order chi connectivity index (χ1) is 9.31. The number of rotatable bonds is 5. The molecule has 0 bridgehead atoms. The molecule has 0 spiro atoms. The molecule has 0 aliphatic carbocycles. The van der Waals surface area contributed by atoms with Gasteiger partial charge in [-0.05, 0) is 12.1 Å². The highest BCUT2D eigenvalue weighted by Crippen LogP contribution is 2.33. The van der Waals surface area contributed by atoms with Crippen molar-refractivity contribution in [3.63, 3.8) is 0 Å². The predicted octanol–water partition coefficient (Wildman–Crippen LogP) is 2.71. The SMILES string of the molecule is O=C(NCCC(O)C(=O)O)Nc1c(Cl)cc(Br)cc1Cl. The zero-order chi connectivity index (χ0) is 15.3. The smallest absolute Gasteiger partial charge is 0.332 e. The van der Waals surface area contributed by atoms with Gasteiger partial charge in [0.05, 0.1) is 15.7 Å². The van der Waals surface area contributed by atoms with Crippen LogP contribution < -0.4 is 10.6 Å². The summed E-state index contributed by atoms with van der Waals surface area (Å²) in [5.74, 6) is -1.34. The van der Waals surface area contributed by atoms with Gasteiger partial charge in [-0.1, -0.05) is 39.1 Å². The lowest BCUT2D eigenvalue weighted by Gasteiger charge is -2.11. The number of aliphatic hydroxyl groups excluding tert-OH is 1. The Labute approximate surface area is 133 Å². The Morgan fingerprint density at radius 3 is 2.35 bits per heavy atom. The maximum atomic E-state index is 11.6. The Kier molecular flexibility index (Phi) is 6.54. The summed E-state index contributed by atoms with van der Waals surface area (Å²) < 4.78 is 0.669. The number of carbonyl (C=O) groups is 2. The van der Waals surface area contributed by atoms with E-state index < -0.39 is 18.1 Å². The summed E-state index contributed by atoms with van der Waals surface area (Å²) in [7, 11) is 0. The second kappa shape index (κ2) is 7.68. The highest BCUT2D eigenvalue weighted by atomic mass is 79.9. The summed E-state index contributed by atoms with van der Waals surface area (Å²) in [6.45, 7) is -0.00886. The zero-order valence-electron chi connectivity index (χ0n) is 9.99. The number of halogens is 3. The number of carbonyl (C=O) groups excluding carboxylic acids is 1. The molecule has 1 atom stereocenters. The Morgan fingerprint density at radius 2 is 1.85 bits per heavy atom. The van der Waals surface area contributed by atoms with E-state index in [0.29, 0.717) is 4.47 Å². The fraction of sp³-hybridized carbons (Fsp3) is 0.273. The van der Waals surface area contributed by atoms with Crippen LogP contribution in [0.2, 0.25) is 10.0 Å². The average Bonchev–Trinajstić information content (AvgIpc) is 2.33. The average molecular weight is 386 g/mol. The molecule has 20 heavy (non-hydrogen) atoms. The second-order valence-electron chi connectivity index (χ2n) is 3.77. The van der Waals surface area contributed by atoms with Crippen LogP contribution in [-0.2, 0) is 4.79 Å². The Hall–Kier alpha value is -1.02. The molecule has 0 aromatic heterocycles. The summed E-state index contributed by atoms with van der Waals surface area (Å²) in [5.41, 5.74) is 0.243. The Bertz CT molecular complexity index is 504. The van der Waals surface area contributed by atoms with Gasteiger partial charge in [-0.25, -0.2) is 9.59 Å². The first-order valence-electron chi connectivity index (χ1n) is 5.41. The molecule has 2 amide bonds. The van der Waals surface area contributed by atoms with Crippen LogP contribution in [0.3, 0.4) is 0 Å². The molecular formula is C11H11BrCl2N2O4. The third kappa shape index (κ3) is 5.16. The summed E-state index contributed by atoms with van der Waals surface area (Å²) in [6, 6.07) is 2.53. The van der Waals surface area contributed by atoms with Gasteiger partial charge in [-0.3, -0.25) is 0 Å². The topological polar surface area (TPSA) is 98.7 Å². The van der Waals surface area contributed by atoms with Crippen molar-refractivity contribution in [3.8, 4) is 0 Å². The lowest BCUT2D eigenvalue weighted by molar-refractivity contribution is -0.146. The number of hydrogen-bond donors (Lipinski definition) is 4. The molecule has 9 heteroatoms. The molecule has 110 valence electrons. The lowest BCUT2D eigenvalue weighted by Crippen LogP contribution is -2.33. The minimum atomic E-state index is -1.52. The Morgan fingerprint density at radius 1 is 1.30 bits per heavy atom. The number of nitrogens with one attached hydrogen (secondary N) is 2. The van der Waals surface area contributed by atoms with Crippen LogP contribution in [0, 0.1) is 0 Å². The van der Waals surface area contributed by atoms with Gasteiger partial charge in [0.15, 0.2) is 6.10 Å². The van der Waals surface area contributed by atoms with Crippen molar-refractivity contribution in [2.45, 2.75) is 12.5 Å². The van der Waals surface area contributed by atoms with E-state index in [2.05, 4.69) is 26.6 Å². The fourth-order valence-corrected chi connectivity index (χ4v) is 2.57. The van der Waals surface area contributed by atoms with Crippen molar-refractivity contribution in [3.05, 3.63) is 26.7 Å². The number of carboxylic acid groups (broad SMARTS) is 1. The van der Waals surface area contributed by atoms with Crippen LogP contribution in [0.5, 0.6) is 0 Å². The summed E-state index contributed by atoms with van der Waals surface area (Å²) in [5, 5.41) is 22.8. The molecule has 0 saturated carbocycles. The van der Waals surface area contributed by atoms with Gasteiger partial charge in [0.1, 0.15) is 0 Å². The van der Waals surface area contributed by atoms with Crippen molar-refractivity contribution in [2.75, 3.05) is 11.9 Å². The number of aliphatic carboxylic acids is 1. The molecule has 0 radical (unpaired) electrons. The highest BCUT2D eigenvalue weighted by Gasteiger charge is 2.14. The van der Waals surface area contributed by atoms with Crippen molar-refractivity contribution in [1.82, 2.24) is 5.32 Å². The molecule has 0 saturated heterocycles. The van der Waals surface area contributed by atoms with E-state index in [-0.39, 0.29) is 28.7 Å². The van der Waals surface area contributed by atoms with Crippen molar-refractivity contribution < 1.29 is 19.8 Å². The molecule has 6 nitrogen and oxygen atoms in total. The molecule has 1 aromatic rings. The third-order valence-corrected chi connectivity index (χ3v) is 3.29. The normalized spacial score (nSPS) is 11.8. The molecular weight excluding hydrogens is 375 g/mol. The quantitative estimate of drug-likeness (QED) is 0.626. The lowest BCUT2D eigenvalue weighted by atomic mass is 10.2. The number of aliphatic hydroxyl groups is 1. The number of carboxylic acids is 1. The van der Waals surface area contributed by atoms with Gasteiger partial charge < -0.3 is 20.8 Å². The van der Waals surface area contributed by atoms with Crippen LogP contribution in [-0.4, -0.2) is 34.9 Å². The van der Waals surface area contributed by atoms with Gasteiger partial charge >= 0.3 is 12.0 Å². The number of urea groups is 1. The largest absolute Gasteiger partial charge is 0.479 e. The standard InChI is InChI=1S/C11H11BrCl2N2O4/c12-5-3-6(13)9(7(14)4-5)16-11(20)15-2-1-8(17)10(18)19/h3-4,8,17H,1-2H2,(H,18,19)(H2,15,16,20). The van der Waals surface area contributed by atoms with Crippen molar-refractivity contribution >= 4 is 56.8 Å². The minimum absolute atomic E-state index is 0.00886. The van der Waals surface area contributed by atoms with Gasteiger partial charge in [-0.15, -0.1) is 0 Å². The van der Waals surface area contributed by atoms with E-state index in [0.717, 1.165) is 0 Å². The van der Waals surface area contributed by atoms with Gasteiger partial charge in [0.25, 0.3) is 0 Å². The van der Waals surface area contributed by atoms with E-state index in [4.69, 9.17) is 33.4 Å². The van der Waals surface area contributed by atoms with E-state index >= 15 is 0 Å². The van der Waals surface area contributed by atoms with Gasteiger partial charge in [0, 0.05) is 17.4 Å². The van der Waals surface area contributed by atoms with Gasteiger partial charge in [-0.2, -0.15) is 0 Å². The van der Waals surface area contributed by atoms with E-state index in [1.54, 1.807) is 12.1 Å². The monoisotopic (exact) mass is 384 g/mol. The minimum Gasteiger partial charge on any atom is -0.479 e. The molecule has 1 rings (SSSR count). The van der Waals surface area contributed by atoms with Crippen LogP contribution >= 0.6 is 39.1 Å². The zero-order valence-corrected chi connectivity index (χ0v) is 13.1. The predicted molar refractivity (Wildman–Crippen MR) is 79.4 cm³/mol. The van der Waals surface area contributed by atoms with Crippen LogP contribution in [0.4, 0.5) is 10.5 Å². The molecule has 0 fully saturated rings. The van der Waals surface area contributed by atoms with Gasteiger partial charge in [0.2, 0.25) is 0 Å². The first-order valence-corrected chi connectivity index (χ1v) is 6.96. The fourth-order valence-electron chi connectivity index (χ4n) is 1.27. The summed E-state index contributed by atoms with van der Waals surface area (Å²) in [4.78, 5) is 21.9. The number of anilines is 1. The molecule has 0 heterocycles. The van der Waals surface area contributed by atoms with Crippen molar-refractivity contribution in [2.24, 2.45) is 0 Å². The van der Waals surface area contributed by atoms with E-state index in [9.17, 15) is 9.59 Å². The molecule has 4 N–H and O–H groups in total. The Balaban J connectivity index is 2.53. The van der Waals surface area contributed by atoms with Crippen molar-refractivity contribution in [1.29, 1.82) is 0 Å². The maximum absolute atomic E-state index is 11.6. The third-order valence-electron chi connectivity index (χ3n) is 2.23. The first kappa shape index (κ1) is 17.0. The molecule has 1 unspecified atom stereocenters. The molecule has 1 aromatic carbocycles. The van der Waals surface area contributed by atoms with E-state index in [1.807, 2.05) is 0 Å². The molecule has 0 aliphatic heterocycles. The summed E-state index contributed by atoms with van der Waals surface area (Å²) in [6.07, 6.45) is -1.62. The highest BCUT2D eigenvalue weighted by molar-refractivity contribution is 9.10. The number of benzene rings is 1. The number of hydrogen-bond acceptors (Lipinski definition) is 3. The second-order valence-corrected chi connectivity index (χ2v) is 5.50. The summed E-state index contributed by atoms with van der Waals surface area (Å²) >= 11 is 15.1.